The second kappa shape index (κ2) is 7.49. The Morgan fingerprint density at radius 3 is 2.52 bits per heavy atom. The highest BCUT2D eigenvalue weighted by Gasteiger charge is 2.67. The van der Waals surface area contributed by atoms with Crippen LogP contribution in [-0.4, -0.2) is 12.3 Å². The molecular formula is C27H40O4. The standard InChI is InChI=1S/C27H40O4/c1-18(29)31-20(19-9-13-30-16-19)14-22-25(4,17-28)15-23-26(5)11-7-10-24(2,3)21(26)8-12-27(22,23)6/h9,13,16-17,20-23H,7-8,10-12,14-15H2,1-6H3/t20-,21-,22+,23+,25+,26-,27-/m0/s1. The number of carbonyl (C=O) groups excluding carboxylic acids is 2. The molecule has 0 saturated heterocycles. The van der Waals surface area contributed by atoms with E-state index in [1.807, 2.05) is 6.07 Å². The van der Waals surface area contributed by atoms with E-state index in [9.17, 15) is 9.59 Å². The van der Waals surface area contributed by atoms with Crippen LogP contribution >= 0.6 is 0 Å². The maximum Gasteiger partial charge on any atom is 0.303 e. The zero-order chi connectivity index (χ0) is 22.7. The molecule has 7 atom stereocenters. The van der Waals surface area contributed by atoms with Gasteiger partial charge in [-0.1, -0.05) is 41.0 Å². The van der Waals surface area contributed by atoms with E-state index in [2.05, 4.69) is 34.6 Å². The molecule has 172 valence electrons. The van der Waals surface area contributed by atoms with Gasteiger partial charge in [0.25, 0.3) is 0 Å². The van der Waals surface area contributed by atoms with Crippen LogP contribution in [0.5, 0.6) is 0 Å². The van der Waals surface area contributed by atoms with Crippen molar-refractivity contribution >= 4 is 12.3 Å². The van der Waals surface area contributed by atoms with Crippen molar-refractivity contribution < 1.29 is 18.7 Å². The second-order valence-corrected chi connectivity index (χ2v) is 12.3. The van der Waals surface area contributed by atoms with Crippen molar-refractivity contribution in [1.82, 2.24) is 0 Å². The van der Waals surface area contributed by atoms with Crippen molar-refractivity contribution in [2.45, 2.75) is 92.6 Å². The molecule has 1 aromatic heterocycles. The maximum atomic E-state index is 12.6. The van der Waals surface area contributed by atoms with E-state index in [0.717, 1.165) is 18.4 Å². The van der Waals surface area contributed by atoms with Crippen molar-refractivity contribution in [3.8, 4) is 0 Å². The zero-order valence-electron chi connectivity index (χ0n) is 20.2. The average Bonchev–Trinajstić information content (AvgIpc) is 3.28. The van der Waals surface area contributed by atoms with Gasteiger partial charge in [-0.15, -0.1) is 0 Å². The molecule has 0 N–H and O–H groups in total. The molecular weight excluding hydrogens is 388 g/mol. The third-order valence-corrected chi connectivity index (χ3v) is 10.0. The monoisotopic (exact) mass is 428 g/mol. The van der Waals surface area contributed by atoms with Crippen LogP contribution in [0.1, 0.15) is 98.2 Å². The van der Waals surface area contributed by atoms with Crippen LogP contribution in [0.15, 0.2) is 23.0 Å². The van der Waals surface area contributed by atoms with E-state index >= 15 is 0 Å². The van der Waals surface area contributed by atoms with Crippen molar-refractivity contribution in [2.24, 2.45) is 39.4 Å². The van der Waals surface area contributed by atoms with Gasteiger partial charge in [-0.05, 0) is 78.6 Å². The number of furan rings is 1. The topological polar surface area (TPSA) is 56.5 Å². The number of carbonyl (C=O) groups is 2. The summed E-state index contributed by atoms with van der Waals surface area (Å²) in [6.07, 6.45) is 12.0. The van der Waals surface area contributed by atoms with E-state index in [1.165, 1.54) is 38.9 Å². The summed E-state index contributed by atoms with van der Waals surface area (Å²) in [4.78, 5) is 24.5. The molecule has 4 heteroatoms. The minimum absolute atomic E-state index is 0.0659. The van der Waals surface area contributed by atoms with Gasteiger partial charge in [0.15, 0.2) is 0 Å². The SMILES string of the molecule is CC(=O)O[C@@H](C[C@H]1[C@]2(C)CC[C@H]3C(C)(C)CCC[C@]3(C)[C@H]2C[C@]1(C)C=O)c1ccoc1. The van der Waals surface area contributed by atoms with Crippen LogP contribution in [0.3, 0.4) is 0 Å². The number of aldehydes is 1. The van der Waals surface area contributed by atoms with Gasteiger partial charge >= 0.3 is 5.97 Å². The molecule has 3 aliphatic rings. The number of esters is 1. The largest absolute Gasteiger partial charge is 0.472 e. The first-order valence-electron chi connectivity index (χ1n) is 12.1. The molecule has 1 aromatic rings. The summed E-state index contributed by atoms with van der Waals surface area (Å²) in [5.74, 6) is 1.11. The molecule has 31 heavy (non-hydrogen) atoms. The lowest BCUT2D eigenvalue weighted by Crippen LogP contribution is -2.54. The second-order valence-electron chi connectivity index (χ2n) is 12.3. The fraction of sp³-hybridized carbons (Fsp3) is 0.778. The molecule has 0 aliphatic heterocycles. The number of fused-ring (bicyclic) bond motifs is 3. The number of hydrogen-bond acceptors (Lipinski definition) is 4. The Hall–Kier alpha value is -1.58. The van der Waals surface area contributed by atoms with E-state index in [0.29, 0.717) is 23.7 Å². The summed E-state index contributed by atoms with van der Waals surface area (Å²) in [6, 6.07) is 1.88. The lowest BCUT2D eigenvalue weighted by atomic mass is 9.43. The number of hydrogen-bond donors (Lipinski definition) is 0. The first kappa shape index (κ1) is 22.6. The highest BCUT2D eigenvalue weighted by molar-refractivity contribution is 5.66. The zero-order valence-corrected chi connectivity index (χ0v) is 20.2. The Balaban J connectivity index is 1.72. The van der Waals surface area contributed by atoms with Crippen LogP contribution in [0.25, 0.3) is 0 Å². The van der Waals surface area contributed by atoms with Crippen LogP contribution < -0.4 is 0 Å². The predicted octanol–water partition coefficient (Wildman–Crippen LogP) is 6.75. The summed E-state index contributed by atoms with van der Waals surface area (Å²) < 4.78 is 11.1. The molecule has 4 nitrogen and oxygen atoms in total. The molecule has 3 saturated carbocycles. The minimum atomic E-state index is -0.402. The van der Waals surface area contributed by atoms with Crippen LogP contribution in [-0.2, 0) is 14.3 Å². The van der Waals surface area contributed by atoms with Crippen molar-refractivity contribution in [2.75, 3.05) is 0 Å². The molecule has 3 fully saturated rings. The third kappa shape index (κ3) is 3.49. The van der Waals surface area contributed by atoms with E-state index < -0.39 is 5.41 Å². The number of ether oxygens (including phenoxy) is 1. The third-order valence-electron chi connectivity index (χ3n) is 10.0. The molecule has 3 aliphatic carbocycles. The quantitative estimate of drug-likeness (QED) is 0.384. The van der Waals surface area contributed by atoms with Gasteiger partial charge in [0.2, 0.25) is 0 Å². The van der Waals surface area contributed by atoms with Gasteiger partial charge in [0, 0.05) is 17.9 Å². The van der Waals surface area contributed by atoms with Crippen molar-refractivity contribution in [3.05, 3.63) is 24.2 Å². The minimum Gasteiger partial charge on any atom is -0.472 e. The predicted molar refractivity (Wildman–Crippen MR) is 120 cm³/mol. The molecule has 0 unspecified atom stereocenters. The van der Waals surface area contributed by atoms with E-state index in [1.54, 1.807) is 12.5 Å². The van der Waals surface area contributed by atoms with Gasteiger partial charge in [-0.25, -0.2) is 0 Å². The van der Waals surface area contributed by atoms with Crippen molar-refractivity contribution in [1.29, 1.82) is 0 Å². The van der Waals surface area contributed by atoms with Gasteiger partial charge in [0.1, 0.15) is 12.4 Å². The normalized spacial score (nSPS) is 42.3. The summed E-state index contributed by atoms with van der Waals surface area (Å²) in [6.45, 7) is 13.5. The van der Waals surface area contributed by atoms with E-state index in [4.69, 9.17) is 9.15 Å². The Kier molecular flexibility index (Phi) is 5.46. The van der Waals surface area contributed by atoms with Gasteiger partial charge in [-0.3, -0.25) is 4.79 Å². The van der Waals surface area contributed by atoms with Gasteiger partial charge in [0.05, 0.1) is 12.5 Å². The Bertz CT molecular complexity index is 826. The highest BCUT2D eigenvalue weighted by atomic mass is 16.5. The molecule has 4 rings (SSSR count). The maximum absolute atomic E-state index is 12.6. The average molecular weight is 429 g/mol. The molecule has 1 heterocycles. The Labute approximate surface area is 187 Å². The summed E-state index contributed by atoms with van der Waals surface area (Å²) in [5, 5.41) is 0. The fourth-order valence-corrected chi connectivity index (χ4v) is 8.70. The Morgan fingerprint density at radius 1 is 1.16 bits per heavy atom. The lowest BCUT2D eigenvalue weighted by Gasteiger charge is -2.62. The molecule has 0 bridgehead atoms. The van der Waals surface area contributed by atoms with E-state index in [-0.39, 0.29) is 28.8 Å². The Morgan fingerprint density at radius 2 is 1.90 bits per heavy atom. The lowest BCUT2D eigenvalue weighted by molar-refractivity contribution is -0.151. The smallest absolute Gasteiger partial charge is 0.303 e. The van der Waals surface area contributed by atoms with Crippen LogP contribution in [0, 0.1) is 39.4 Å². The summed E-state index contributed by atoms with van der Waals surface area (Å²) in [7, 11) is 0. The van der Waals surface area contributed by atoms with Crippen LogP contribution in [0.4, 0.5) is 0 Å². The molecule has 0 spiro atoms. The molecule has 0 radical (unpaired) electrons. The van der Waals surface area contributed by atoms with Crippen LogP contribution in [0.2, 0.25) is 0 Å². The van der Waals surface area contributed by atoms with Crippen molar-refractivity contribution in [3.63, 3.8) is 0 Å². The summed E-state index contributed by atoms with van der Waals surface area (Å²) in [5.41, 5.74) is 1.17. The first-order chi connectivity index (χ1) is 14.5. The summed E-state index contributed by atoms with van der Waals surface area (Å²) >= 11 is 0. The number of rotatable bonds is 5. The molecule has 0 amide bonds. The highest BCUT2D eigenvalue weighted by Crippen LogP contribution is 2.73. The first-order valence-corrected chi connectivity index (χ1v) is 12.1. The molecule has 0 aromatic carbocycles. The van der Waals surface area contributed by atoms with Gasteiger partial charge in [-0.2, -0.15) is 0 Å². The fourth-order valence-electron chi connectivity index (χ4n) is 8.70. The van der Waals surface area contributed by atoms with Gasteiger partial charge < -0.3 is 13.9 Å².